The van der Waals surface area contributed by atoms with E-state index >= 15 is 0 Å². The Kier molecular flexibility index (Phi) is 4.37. The van der Waals surface area contributed by atoms with E-state index in [1.54, 1.807) is 18.2 Å². The molecule has 4 heteroatoms. The zero-order chi connectivity index (χ0) is 11.3. The minimum absolute atomic E-state index is 0.0323. The number of rotatable bonds is 4. The zero-order valence-electron chi connectivity index (χ0n) is 7.98. The first-order valence-corrected chi connectivity index (χ1v) is 5.52. The first kappa shape index (κ1) is 11.8. The van der Waals surface area contributed by atoms with Crippen LogP contribution in [0.5, 0.6) is 5.75 Å². The van der Waals surface area contributed by atoms with E-state index < -0.39 is 5.97 Å². The first-order chi connectivity index (χ1) is 7.13. The number of benzene rings is 1. The van der Waals surface area contributed by atoms with Crippen molar-refractivity contribution in [2.24, 2.45) is 0 Å². The summed E-state index contributed by atoms with van der Waals surface area (Å²) in [5.74, 6) is -0.725. The van der Waals surface area contributed by atoms with Crippen LogP contribution >= 0.6 is 15.9 Å². The van der Waals surface area contributed by atoms with E-state index in [-0.39, 0.29) is 12.2 Å². The Bertz CT molecular complexity index is 385. The molecule has 0 saturated carbocycles. The molecule has 0 unspecified atom stereocenters. The number of aromatic hydroxyl groups is 1. The van der Waals surface area contributed by atoms with Gasteiger partial charge >= 0.3 is 5.97 Å². The Labute approximate surface area is 96.2 Å². The summed E-state index contributed by atoms with van der Waals surface area (Å²) in [5, 5.41) is 18.8. The number of alkyl halides is 1. The van der Waals surface area contributed by atoms with E-state index in [2.05, 4.69) is 15.9 Å². The predicted molar refractivity (Wildman–Crippen MR) is 62.3 cm³/mol. The van der Waals surface area contributed by atoms with Crippen molar-refractivity contribution in [1.82, 2.24) is 0 Å². The van der Waals surface area contributed by atoms with Gasteiger partial charge in [-0.05, 0) is 17.7 Å². The fourth-order valence-corrected chi connectivity index (χ4v) is 1.38. The molecule has 0 aromatic heterocycles. The molecule has 0 bridgehead atoms. The summed E-state index contributed by atoms with van der Waals surface area (Å²) < 4.78 is 0. The number of allylic oxidation sites excluding steroid dienone is 1. The highest BCUT2D eigenvalue weighted by molar-refractivity contribution is 9.09. The van der Waals surface area contributed by atoms with Crippen LogP contribution in [0.25, 0.3) is 6.08 Å². The van der Waals surface area contributed by atoms with E-state index in [0.717, 1.165) is 0 Å². The summed E-state index contributed by atoms with van der Waals surface area (Å²) in [7, 11) is 0. The summed E-state index contributed by atoms with van der Waals surface area (Å²) in [5.41, 5.74) is 1.31. The summed E-state index contributed by atoms with van der Waals surface area (Å²) in [6.45, 7) is 0. The SMILES string of the molecule is O=C(O)Cc1ccc(O)c(C=CCBr)c1. The van der Waals surface area contributed by atoms with Gasteiger partial charge < -0.3 is 10.2 Å². The van der Waals surface area contributed by atoms with Crippen LogP contribution in [-0.2, 0) is 11.2 Å². The van der Waals surface area contributed by atoms with Crippen molar-refractivity contribution in [3.8, 4) is 5.75 Å². The molecule has 0 saturated heterocycles. The average Bonchev–Trinajstić information content (AvgIpc) is 2.18. The number of hydrogen-bond donors (Lipinski definition) is 2. The molecule has 0 aliphatic rings. The maximum Gasteiger partial charge on any atom is 0.307 e. The van der Waals surface area contributed by atoms with Crippen LogP contribution in [-0.4, -0.2) is 21.5 Å². The highest BCUT2D eigenvalue weighted by atomic mass is 79.9. The second-order valence-corrected chi connectivity index (χ2v) is 3.67. The van der Waals surface area contributed by atoms with Gasteiger partial charge in [0.1, 0.15) is 5.75 Å². The van der Waals surface area contributed by atoms with Crippen molar-refractivity contribution >= 4 is 28.0 Å². The van der Waals surface area contributed by atoms with Crippen LogP contribution in [0.4, 0.5) is 0 Å². The van der Waals surface area contributed by atoms with Gasteiger partial charge in [0.15, 0.2) is 0 Å². The molecule has 2 N–H and O–H groups in total. The third kappa shape index (κ3) is 3.75. The van der Waals surface area contributed by atoms with Crippen LogP contribution in [0, 0.1) is 0 Å². The van der Waals surface area contributed by atoms with Gasteiger partial charge in [-0.15, -0.1) is 0 Å². The van der Waals surface area contributed by atoms with E-state index in [1.165, 1.54) is 6.07 Å². The maximum atomic E-state index is 10.5. The smallest absolute Gasteiger partial charge is 0.307 e. The largest absolute Gasteiger partial charge is 0.507 e. The quantitative estimate of drug-likeness (QED) is 0.827. The number of halogens is 1. The Morgan fingerprint density at radius 2 is 2.20 bits per heavy atom. The second kappa shape index (κ2) is 5.56. The molecule has 0 radical (unpaired) electrons. The number of carboxylic acids is 1. The topological polar surface area (TPSA) is 57.5 Å². The Morgan fingerprint density at radius 1 is 1.47 bits per heavy atom. The van der Waals surface area contributed by atoms with Gasteiger partial charge in [0, 0.05) is 10.9 Å². The van der Waals surface area contributed by atoms with Crippen LogP contribution in [0.15, 0.2) is 24.3 Å². The fraction of sp³-hybridized carbons (Fsp3) is 0.182. The summed E-state index contributed by atoms with van der Waals surface area (Å²) in [6.07, 6.45) is 3.55. The molecule has 0 amide bonds. The minimum Gasteiger partial charge on any atom is -0.507 e. The van der Waals surface area contributed by atoms with Gasteiger partial charge in [-0.1, -0.05) is 34.1 Å². The van der Waals surface area contributed by atoms with Gasteiger partial charge in [-0.25, -0.2) is 0 Å². The minimum atomic E-state index is -0.879. The summed E-state index contributed by atoms with van der Waals surface area (Å²) in [6, 6.07) is 4.78. The number of hydrogen-bond acceptors (Lipinski definition) is 2. The fourth-order valence-electron chi connectivity index (χ4n) is 1.19. The van der Waals surface area contributed by atoms with Gasteiger partial charge in [0.25, 0.3) is 0 Å². The molecule has 0 fully saturated rings. The lowest BCUT2D eigenvalue weighted by Crippen LogP contribution is -1.99. The summed E-state index contributed by atoms with van der Waals surface area (Å²) in [4.78, 5) is 10.5. The number of aliphatic carboxylic acids is 1. The summed E-state index contributed by atoms with van der Waals surface area (Å²) >= 11 is 3.23. The van der Waals surface area contributed by atoms with E-state index in [0.29, 0.717) is 16.5 Å². The molecule has 0 atom stereocenters. The highest BCUT2D eigenvalue weighted by Crippen LogP contribution is 2.20. The van der Waals surface area contributed by atoms with Gasteiger partial charge in [-0.3, -0.25) is 4.79 Å². The predicted octanol–water partition coefficient (Wildman–Crippen LogP) is 2.43. The van der Waals surface area contributed by atoms with Crippen LogP contribution in [0.3, 0.4) is 0 Å². The van der Waals surface area contributed by atoms with Crippen molar-refractivity contribution < 1.29 is 15.0 Å². The molecule has 0 heterocycles. The third-order valence-electron chi connectivity index (χ3n) is 1.83. The molecule has 1 rings (SSSR count). The van der Waals surface area contributed by atoms with Crippen molar-refractivity contribution in [3.05, 3.63) is 35.4 Å². The van der Waals surface area contributed by atoms with Crippen molar-refractivity contribution in [1.29, 1.82) is 0 Å². The molecule has 1 aromatic rings. The van der Waals surface area contributed by atoms with Crippen molar-refractivity contribution in [2.75, 3.05) is 5.33 Å². The van der Waals surface area contributed by atoms with Crippen molar-refractivity contribution in [2.45, 2.75) is 6.42 Å². The lowest BCUT2D eigenvalue weighted by molar-refractivity contribution is -0.136. The van der Waals surface area contributed by atoms with Gasteiger partial charge in [-0.2, -0.15) is 0 Å². The molecular weight excluding hydrogens is 260 g/mol. The highest BCUT2D eigenvalue weighted by Gasteiger charge is 2.03. The monoisotopic (exact) mass is 270 g/mol. The Morgan fingerprint density at radius 3 is 2.80 bits per heavy atom. The first-order valence-electron chi connectivity index (χ1n) is 4.39. The van der Waals surface area contributed by atoms with Crippen LogP contribution in [0.2, 0.25) is 0 Å². The molecule has 80 valence electrons. The van der Waals surface area contributed by atoms with Crippen molar-refractivity contribution in [3.63, 3.8) is 0 Å². The number of phenolic OH excluding ortho intramolecular Hbond substituents is 1. The van der Waals surface area contributed by atoms with Gasteiger partial charge in [0.2, 0.25) is 0 Å². The lowest BCUT2D eigenvalue weighted by Gasteiger charge is -2.02. The average molecular weight is 271 g/mol. The lowest BCUT2D eigenvalue weighted by atomic mass is 10.1. The Balaban J connectivity index is 2.94. The number of carbonyl (C=O) groups is 1. The Hall–Kier alpha value is -1.29. The molecule has 0 spiro atoms. The normalized spacial score (nSPS) is 10.7. The molecular formula is C11H11BrO3. The molecule has 1 aromatic carbocycles. The number of phenols is 1. The number of carboxylic acid groups (broad SMARTS) is 1. The molecule has 0 aliphatic carbocycles. The molecule has 3 nitrogen and oxygen atoms in total. The van der Waals surface area contributed by atoms with E-state index in [1.807, 2.05) is 6.08 Å². The zero-order valence-corrected chi connectivity index (χ0v) is 9.57. The molecule has 15 heavy (non-hydrogen) atoms. The third-order valence-corrected chi connectivity index (χ3v) is 2.21. The molecule has 0 aliphatic heterocycles. The van der Waals surface area contributed by atoms with Crippen LogP contribution in [0.1, 0.15) is 11.1 Å². The second-order valence-electron chi connectivity index (χ2n) is 3.02. The van der Waals surface area contributed by atoms with Gasteiger partial charge in [0.05, 0.1) is 6.42 Å². The van der Waals surface area contributed by atoms with E-state index in [9.17, 15) is 9.90 Å². The maximum absolute atomic E-state index is 10.5. The standard InChI is InChI=1S/C11H11BrO3/c12-5-1-2-9-6-8(7-11(14)15)3-4-10(9)13/h1-4,6,13H,5,7H2,(H,14,15). The van der Waals surface area contributed by atoms with Crippen LogP contribution < -0.4 is 0 Å². The van der Waals surface area contributed by atoms with E-state index in [4.69, 9.17) is 5.11 Å².